The average molecular weight is 542 g/mol. The highest BCUT2D eigenvalue weighted by Gasteiger charge is 2.44. The maximum Gasteiger partial charge on any atom is 0.240 e. The van der Waals surface area contributed by atoms with Gasteiger partial charge in [0.05, 0.1) is 12.1 Å². The summed E-state index contributed by atoms with van der Waals surface area (Å²) in [7, 11) is 1.80. The number of carbonyl (C=O) groups excluding carboxylic acids is 1. The molecule has 8 heteroatoms. The van der Waals surface area contributed by atoms with Crippen molar-refractivity contribution in [3.05, 3.63) is 47.0 Å². The van der Waals surface area contributed by atoms with Gasteiger partial charge in [-0.05, 0) is 86.8 Å². The molecule has 2 aliphatic carbocycles. The molecule has 1 aromatic heterocycles. The van der Waals surface area contributed by atoms with E-state index in [4.69, 9.17) is 16.3 Å². The fourth-order valence-corrected chi connectivity index (χ4v) is 7.42. The predicted octanol–water partition coefficient (Wildman–Crippen LogP) is 5.35. The van der Waals surface area contributed by atoms with E-state index < -0.39 is 0 Å². The molecule has 1 atom stereocenters. The van der Waals surface area contributed by atoms with Crippen molar-refractivity contribution < 1.29 is 9.53 Å². The van der Waals surface area contributed by atoms with Crippen molar-refractivity contribution >= 4 is 17.5 Å². The molecule has 3 fully saturated rings. The van der Waals surface area contributed by atoms with E-state index in [-0.39, 0.29) is 17.4 Å². The quantitative estimate of drug-likeness (QED) is 0.447. The van der Waals surface area contributed by atoms with Gasteiger partial charge in [-0.2, -0.15) is 5.10 Å². The number of likely N-dealkylation sites (tertiary alicyclic amines) is 1. The van der Waals surface area contributed by atoms with Crippen LogP contribution >= 0.6 is 11.6 Å². The summed E-state index contributed by atoms with van der Waals surface area (Å²) in [6, 6.07) is 8.06. The molecular formula is C30H44ClN5O2. The molecule has 1 aliphatic heterocycles. The monoisotopic (exact) mass is 541 g/mol. The zero-order valence-corrected chi connectivity index (χ0v) is 23.6. The van der Waals surface area contributed by atoms with E-state index in [1.807, 2.05) is 24.3 Å². The van der Waals surface area contributed by atoms with E-state index in [1.54, 1.807) is 13.4 Å². The van der Waals surface area contributed by atoms with Crippen molar-refractivity contribution in [2.75, 3.05) is 20.2 Å². The minimum Gasteiger partial charge on any atom is -0.381 e. The second-order valence-electron chi connectivity index (χ2n) is 11.9. The van der Waals surface area contributed by atoms with E-state index in [2.05, 4.69) is 25.4 Å². The van der Waals surface area contributed by atoms with Crippen LogP contribution in [-0.4, -0.2) is 64.4 Å². The van der Waals surface area contributed by atoms with Crippen LogP contribution in [0.5, 0.6) is 0 Å². The van der Waals surface area contributed by atoms with Gasteiger partial charge >= 0.3 is 0 Å². The van der Waals surface area contributed by atoms with Gasteiger partial charge in [-0.25, -0.2) is 4.98 Å². The molecular weight excluding hydrogens is 498 g/mol. The molecule has 1 saturated heterocycles. The number of halogens is 1. The van der Waals surface area contributed by atoms with Gasteiger partial charge in [-0.3, -0.25) is 9.89 Å². The number of rotatable bonds is 9. The number of carbonyl (C=O) groups is 1. The predicted molar refractivity (Wildman–Crippen MR) is 150 cm³/mol. The van der Waals surface area contributed by atoms with Gasteiger partial charge in [0.25, 0.3) is 0 Å². The molecule has 1 amide bonds. The number of hydrogen-bond acceptors (Lipinski definition) is 5. The SMILES string of the molecule is COC1CCC(N[C@H](Cc2ccc(Cl)cc2)C(=O)N2CCC(Cc3nc[nH]n3)(C3CCCCC3)CC2)CC1. The molecule has 0 spiro atoms. The molecule has 3 aliphatic rings. The van der Waals surface area contributed by atoms with Gasteiger partial charge < -0.3 is 15.0 Å². The van der Waals surface area contributed by atoms with Crippen molar-refractivity contribution in [2.24, 2.45) is 11.3 Å². The summed E-state index contributed by atoms with van der Waals surface area (Å²) in [6.07, 6.45) is 16.5. The Morgan fingerprint density at radius 1 is 1.11 bits per heavy atom. The topological polar surface area (TPSA) is 83.1 Å². The summed E-state index contributed by atoms with van der Waals surface area (Å²) < 4.78 is 5.57. The summed E-state index contributed by atoms with van der Waals surface area (Å²) in [5, 5.41) is 11.8. The van der Waals surface area contributed by atoms with Crippen molar-refractivity contribution in [3.63, 3.8) is 0 Å². The highest BCUT2D eigenvalue weighted by Crippen LogP contribution is 2.47. The largest absolute Gasteiger partial charge is 0.381 e. The third-order valence-electron chi connectivity index (χ3n) is 9.61. The number of aromatic nitrogens is 3. The van der Waals surface area contributed by atoms with Crippen LogP contribution in [0.4, 0.5) is 0 Å². The first kappa shape index (κ1) is 27.6. The molecule has 2 heterocycles. The Balaban J connectivity index is 1.28. The molecule has 0 bridgehead atoms. The van der Waals surface area contributed by atoms with Crippen LogP contribution in [-0.2, 0) is 22.4 Å². The number of aromatic amines is 1. The highest BCUT2D eigenvalue weighted by molar-refractivity contribution is 6.30. The van der Waals surface area contributed by atoms with Crippen molar-refractivity contribution in [1.29, 1.82) is 0 Å². The number of nitrogens with zero attached hydrogens (tertiary/aromatic N) is 3. The number of amides is 1. The number of benzene rings is 1. The van der Waals surface area contributed by atoms with E-state index in [0.29, 0.717) is 24.5 Å². The number of nitrogens with one attached hydrogen (secondary N) is 2. The summed E-state index contributed by atoms with van der Waals surface area (Å²) in [6.45, 7) is 1.63. The maximum absolute atomic E-state index is 14.1. The molecule has 0 radical (unpaired) electrons. The summed E-state index contributed by atoms with van der Waals surface area (Å²) in [5.41, 5.74) is 1.33. The van der Waals surface area contributed by atoms with Gasteiger partial charge in [0.15, 0.2) is 5.82 Å². The van der Waals surface area contributed by atoms with Crippen LogP contribution in [0.1, 0.15) is 82.0 Å². The minimum atomic E-state index is -0.226. The highest BCUT2D eigenvalue weighted by atomic mass is 35.5. The zero-order valence-electron chi connectivity index (χ0n) is 22.8. The van der Waals surface area contributed by atoms with E-state index >= 15 is 0 Å². The molecule has 5 rings (SSSR count). The number of hydrogen-bond donors (Lipinski definition) is 2. The summed E-state index contributed by atoms with van der Waals surface area (Å²) >= 11 is 6.14. The Labute approximate surface area is 232 Å². The number of H-pyrrole nitrogens is 1. The second-order valence-corrected chi connectivity index (χ2v) is 12.3. The van der Waals surface area contributed by atoms with Gasteiger partial charge in [0.2, 0.25) is 5.91 Å². The first-order chi connectivity index (χ1) is 18.5. The number of methoxy groups -OCH3 is 1. The van der Waals surface area contributed by atoms with Gasteiger partial charge in [0.1, 0.15) is 6.33 Å². The Morgan fingerprint density at radius 3 is 2.45 bits per heavy atom. The first-order valence-corrected chi connectivity index (χ1v) is 15.1. The van der Waals surface area contributed by atoms with E-state index in [1.165, 1.54) is 32.1 Å². The Hall–Kier alpha value is -1.96. The summed E-state index contributed by atoms with van der Waals surface area (Å²) in [4.78, 5) is 20.7. The van der Waals surface area contributed by atoms with Crippen molar-refractivity contribution in [3.8, 4) is 0 Å². The molecule has 38 heavy (non-hydrogen) atoms. The van der Waals surface area contributed by atoms with Crippen LogP contribution < -0.4 is 5.32 Å². The Morgan fingerprint density at radius 2 is 1.82 bits per heavy atom. The van der Waals surface area contributed by atoms with Gasteiger partial charge in [0, 0.05) is 37.7 Å². The van der Waals surface area contributed by atoms with Crippen LogP contribution in [0.2, 0.25) is 5.02 Å². The maximum atomic E-state index is 14.1. The first-order valence-electron chi connectivity index (χ1n) is 14.7. The lowest BCUT2D eigenvalue weighted by Crippen LogP contribution is -2.55. The van der Waals surface area contributed by atoms with Gasteiger partial charge in [-0.15, -0.1) is 0 Å². The summed E-state index contributed by atoms with van der Waals surface area (Å²) in [5.74, 6) is 1.86. The molecule has 0 unspecified atom stereocenters. The molecule has 2 N–H and O–H groups in total. The second kappa shape index (κ2) is 12.9. The lowest BCUT2D eigenvalue weighted by atomic mass is 9.62. The smallest absolute Gasteiger partial charge is 0.240 e. The van der Waals surface area contributed by atoms with E-state index in [0.717, 1.165) is 74.4 Å². The van der Waals surface area contributed by atoms with Crippen molar-refractivity contribution in [2.45, 2.75) is 102 Å². The zero-order chi connectivity index (χ0) is 26.4. The third kappa shape index (κ3) is 6.78. The Bertz CT molecular complexity index is 992. The normalized spacial score (nSPS) is 25.3. The fourth-order valence-electron chi connectivity index (χ4n) is 7.30. The molecule has 2 saturated carbocycles. The number of piperidine rings is 1. The average Bonchev–Trinajstić information content (AvgIpc) is 3.47. The van der Waals surface area contributed by atoms with E-state index in [9.17, 15) is 4.79 Å². The lowest BCUT2D eigenvalue weighted by Gasteiger charge is -2.48. The fraction of sp³-hybridized carbons (Fsp3) is 0.700. The van der Waals surface area contributed by atoms with Crippen LogP contribution in [0.25, 0.3) is 0 Å². The van der Waals surface area contributed by atoms with Crippen molar-refractivity contribution in [1.82, 2.24) is 25.4 Å². The molecule has 2 aromatic rings. The molecule has 1 aromatic carbocycles. The molecule has 7 nitrogen and oxygen atoms in total. The lowest BCUT2D eigenvalue weighted by molar-refractivity contribution is -0.137. The Kier molecular flexibility index (Phi) is 9.39. The molecule has 208 valence electrons. The van der Waals surface area contributed by atoms with Crippen LogP contribution in [0.3, 0.4) is 0 Å². The standard InChI is InChI=1S/C30H44ClN5O2/c1-38-26-13-11-25(12-14-26)34-27(19-22-7-9-24(31)10-8-22)29(37)36-17-15-30(16-18-36,20-28-32-21-33-35-28)23-5-3-2-4-6-23/h7-10,21,23,25-27,34H,2-6,11-20H2,1H3,(H,32,33,35)/t25?,26?,27-/m1/s1. The van der Waals surface area contributed by atoms with Crippen LogP contribution in [0.15, 0.2) is 30.6 Å². The van der Waals surface area contributed by atoms with Crippen LogP contribution in [0, 0.1) is 11.3 Å². The minimum absolute atomic E-state index is 0.192. The third-order valence-corrected chi connectivity index (χ3v) is 9.86. The van der Waals surface area contributed by atoms with Gasteiger partial charge in [-0.1, -0.05) is 43.0 Å². The number of ether oxygens (including phenoxy) is 1.